The highest BCUT2D eigenvalue weighted by atomic mass is 79.9. The molecule has 28 heavy (non-hydrogen) atoms. The van der Waals surface area contributed by atoms with Gasteiger partial charge in [-0.3, -0.25) is 14.6 Å². The highest BCUT2D eigenvalue weighted by Gasteiger charge is 2.51. The van der Waals surface area contributed by atoms with Crippen molar-refractivity contribution in [1.29, 1.82) is 0 Å². The van der Waals surface area contributed by atoms with Crippen LogP contribution in [0.4, 0.5) is 11.4 Å². The van der Waals surface area contributed by atoms with Crippen LogP contribution in [0.3, 0.4) is 0 Å². The normalized spacial score (nSPS) is 14.2. The summed E-state index contributed by atoms with van der Waals surface area (Å²) in [6.07, 6.45) is 4.86. The lowest BCUT2D eigenvalue weighted by atomic mass is 9.95. The largest absolute Gasteiger partial charge is 0.325 e. The second-order valence-corrected chi connectivity index (χ2v) is 7.73. The highest BCUT2D eigenvalue weighted by Crippen LogP contribution is 2.49. The van der Waals surface area contributed by atoms with Gasteiger partial charge in [-0.1, -0.05) is 34.1 Å². The monoisotopic (exact) mass is 435 g/mol. The average Bonchev–Trinajstić information content (AvgIpc) is 3.51. The summed E-state index contributed by atoms with van der Waals surface area (Å²) in [6, 6.07) is 18.3. The smallest absolute Gasteiger partial charge is 0.255 e. The molecule has 3 aromatic rings. The Balaban J connectivity index is 1.49. The van der Waals surface area contributed by atoms with Crippen LogP contribution in [0.1, 0.15) is 28.8 Å². The number of anilines is 2. The van der Waals surface area contributed by atoms with E-state index in [1.165, 1.54) is 0 Å². The predicted molar refractivity (Wildman–Crippen MR) is 112 cm³/mol. The molecule has 1 heterocycles. The van der Waals surface area contributed by atoms with Crippen LogP contribution in [0.15, 0.2) is 77.5 Å². The molecular weight excluding hydrogens is 418 g/mol. The fourth-order valence-electron chi connectivity index (χ4n) is 3.19. The van der Waals surface area contributed by atoms with Crippen molar-refractivity contribution in [1.82, 2.24) is 4.98 Å². The molecule has 2 aromatic carbocycles. The maximum Gasteiger partial charge on any atom is 0.255 e. The Morgan fingerprint density at radius 1 is 0.893 bits per heavy atom. The number of halogens is 1. The van der Waals surface area contributed by atoms with Gasteiger partial charge in [-0.25, -0.2) is 0 Å². The number of hydrogen-bond donors (Lipinski definition) is 2. The summed E-state index contributed by atoms with van der Waals surface area (Å²) in [5, 5.41) is 5.79. The van der Waals surface area contributed by atoms with Crippen molar-refractivity contribution in [3.63, 3.8) is 0 Å². The van der Waals surface area contributed by atoms with Crippen molar-refractivity contribution in [3.05, 3.63) is 88.7 Å². The van der Waals surface area contributed by atoms with Gasteiger partial charge in [-0.15, -0.1) is 0 Å². The lowest BCUT2D eigenvalue weighted by Gasteiger charge is -2.16. The fourth-order valence-corrected chi connectivity index (χ4v) is 3.58. The Kier molecular flexibility index (Phi) is 4.96. The molecule has 1 aromatic heterocycles. The van der Waals surface area contributed by atoms with Crippen molar-refractivity contribution in [3.8, 4) is 0 Å². The fraction of sp³-hybridized carbons (Fsp3) is 0.136. The molecule has 140 valence electrons. The second-order valence-electron chi connectivity index (χ2n) is 6.82. The second kappa shape index (κ2) is 7.56. The number of nitrogens with one attached hydrogen (secondary N) is 2. The molecule has 2 amide bonds. The molecule has 0 radical (unpaired) electrons. The number of amides is 2. The van der Waals surface area contributed by atoms with E-state index in [-0.39, 0.29) is 11.8 Å². The molecule has 0 bridgehead atoms. The van der Waals surface area contributed by atoms with Crippen LogP contribution in [0.5, 0.6) is 0 Å². The zero-order valence-electron chi connectivity index (χ0n) is 15.0. The Bertz CT molecular complexity index is 1030. The first-order chi connectivity index (χ1) is 13.6. The van der Waals surface area contributed by atoms with Gasteiger partial charge >= 0.3 is 0 Å². The minimum absolute atomic E-state index is 0.0442. The van der Waals surface area contributed by atoms with Crippen LogP contribution in [-0.2, 0) is 10.2 Å². The number of benzene rings is 2. The van der Waals surface area contributed by atoms with Crippen LogP contribution >= 0.6 is 15.9 Å². The first kappa shape index (κ1) is 18.4. The van der Waals surface area contributed by atoms with Gasteiger partial charge < -0.3 is 10.6 Å². The van der Waals surface area contributed by atoms with Gasteiger partial charge in [0.2, 0.25) is 5.91 Å². The van der Waals surface area contributed by atoms with E-state index in [0.29, 0.717) is 16.9 Å². The number of nitrogens with zero attached hydrogens (tertiary/aromatic N) is 1. The van der Waals surface area contributed by atoms with Crippen LogP contribution in [0, 0.1) is 0 Å². The number of carbonyl (C=O) groups is 2. The van der Waals surface area contributed by atoms with Crippen LogP contribution in [-0.4, -0.2) is 16.8 Å². The Labute approximate surface area is 171 Å². The van der Waals surface area contributed by atoms with Gasteiger partial charge in [0.1, 0.15) is 0 Å². The molecule has 4 rings (SSSR count). The molecule has 6 heteroatoms. The van der Waals surface area contributed by atoms with Gasteiger partial charge in [-0.05, 0) is 60.9 Å². The summed E-state index contributed by atoms with van der Waals surface area (Å²) in [4.78, 5) is 29.3. The zero-order chi connectivity index (χ0) is 19.6. The summed E-state index contributed by atoms with van der Waals surface area (Å²) in [5.41, 5.74) is 2.27. The van der Waals surface area contributed by atoms with Crippen molar-refractivity contribution >= 4 is 39.1 Å². The minimum atomic E-state index is -0.487. The number of aromatic nitrogens is 1. The average molecular weight is 436 g/mol. The molecule has 1 aliphatic rings. The molecule has 2 N–H and O–H groups in total. The first-order valence-electron chi connectivity index (χ1n) is 8.96. The first-order valence-corrected chi connectivity index (χ1v) is 9.75. The van der Waals surface area contributed by atoms with E-state index in [4.69, 9.17) is 0 Å². The third-order valence-electron chi connectivity index (χ3n) is 4.88. The molecule has 1 aliphatic carbocycles. The van der Waals surface area contributed by atoms with E-state index in [9.17, 15) is 9.59 Å². The molecule has 0 unspecified atom stereocenters. The topological polar surface area (TPSA) is 71.1 Å². The van der Waals surface area contributed by atoms with E-state index >= 15 is 0 Å². The lowest BCUT2D eigenvalue weighted by molar-refractivity contribution is -0.118. The quantitative estimate of drug-likeness (QED) is 0.606. The maximum absolute atomic E-state index is 12.9. The third kappa shape index (κ3) is 3.82. The standard InChI is InChI=1S/C22H18BrN3O2/c23-17-5-2-4-16(14-17)22(9-10-22)21(28)26-19-6-1-3-15(13-19)20(27)25-18-7-11-24-12-8-18/h1-8,11-14H,9-10H2,(H,26,28)(H,24,25,27). The number of rotatable bonds is 5. The summed E-state index contributed by atoms with van der Waals surface area (Å²) >= 11 is 3.47. The Morgan fingerprint density at radius 2 is 1.64 bits per heavy atom. The molecule has 5 nitrogen and oxygen atoms in total. The van der Waals surface area contributed by atoms with Gasteiger partial charge in [0.05, 0.1) is 5.41 Å². The van der Waals surface area contributed by atoms with Gasteiger partial charge in [0.25, 0.3) is 5.91 Å². The van der Waals surface area contributed by atoms with Crippen molar-refractivity contribution in [2.24, 2.45) is 0 Å². The highest BCUT2D eigenvalue weighted by molar-refractivity contribution is 9.10. The molecule has 0 aliphatic heterocycles. The van der Waals surface area contributed by atoms with Crippen LogP contribution in [0.2, 0.25) is 0 Å². The predicted octanol–water partition coefficient (Wildman–Crippen LogP) is 4.77. The van der Waals surface area contributed by atoms with Crippen molar-refractivity contribution in [2.45, 2.75) is 18.3 Å². The van der Waals surface area contributed by atoms with Crippen LogP contribution in [0.25, 0.3) is 0 Å². The third-order valence-corrected chi connectivity index (χ3v) is 5.38. The van der Waals surface area contributed by atoms with Crippen molar-refractivity contribution in [2.75, 3.05) is 10.6 Å². The molecule has 1 fully saturated rings. The van der Waals surface area contributed by atoms with Crippen LogP contribution < -0.4 is 10.6 Å². The lowest BCUT2D eigenvalue weighted by Crippen LogP contribution is -2.28. The maximum atomic E-state index is 12.9. The summed E-state index contributed by atoms with van der Waals surface area (Å²) < 4.78 is 0.957. The molecule has 0 saturated heterocycles. The number of carbonyl (C=O) groups excluding carboxylic acids is 2. The van der Waals surface area contributed by atoms with Gasteiger partial charge in [-0.2, -0.15) is 0 Å². The van der Waals surface area contributed by atoms with E-state index < -0.39 is 5.41 Å². The van der Waals surface area contributed by atoms with E-state index in [2.05, 4.69) is 31.5 Å². The molecule has 0 spiro atoms. The summed E-state index contributed by atoms with van der Waals surface area (Å²) in [6.45, 7) is 0. The summed E-state index contributed by atoms with van der Waals surface area (Å²) in [7, 11) is 0. The number of hydrogen-bond acceptors (Lipinski definition) is 3. The SMILES string of the molecule is O=C(Nc1ccncc1)c1cccc(NC(=O)C2(c3cccc(Br)c3)CC2)c1. The zero-order valence-corrected chi connectivity index (χ0v) is 16.6. The van der Waals surface area contributed by atoms with Gasteiger partial charge in [0, 0.05) is 33.8 Å². The summed E-state index contributed by atoms with van der Waals surface area (Å²) in [5.74, 6) is -0.285. The Morgan fingerprint density at radius 3 is 2.36 bits per heavy atom. The van der Waals surface area contributed by atoms with E-state index in [0.717, 1.165) is 22.9 Å². The molecule has 0 atom stereocenters. The van der Waals surface area contributed by atoms with E-state index in [1.54, 1.807) is 48.8 Å². The van der Waals surface area contributed by atoms with Gasteiger partial charge in [0.15, 0.2) is 0 Å². The molecule has 1 saturated carbocycles. The van der Waals surface area contributed by atoms with E-state index in [1.807, 2.05) is 24.3 Å². The number of pyridine rings is 1. The minimum Gasteiger partial charge on any atom is -0.325 e. The Hall–Kier alpha value is -2.99. The molecular formula is C22H18BrN3O2. The van der Waals surface area contributed by atoms with Crippen molar-refractivity contribution < 1.29 is 9.59 Å².